The molecule has 6 heteroatoms. The minimum Gasteiger partial charge on any atom is -0.353 e. The van der Waals surface area contributed by atoms with Crippen molar-refractivity contribution in [2.75, 3.05) is 0 Å². The van der Waals surface area contributed by atoms with Gasteiger partial charge in [-0.25, -0.2) is 4.98 Å². The number of hydrogen-bond acceptors (Lipinski definition) is 4. The monoisotopic (exact) mass is 492 g/mol. The maximum atomic E-state index is 5.31. The van der Waals surface area contributed by atoms with Crippen molar-refractivity contribution in [3.05, 3.63) is 71.7 Å². The Morgan fingerprint density at radius 2 is 1.86 bits per heavy atom. The summed E-state index contributed by atoms with van der Waals surface area (Å²) >= 11 is 0. The number of nitrogens with zero attached hydrogens (tertiary/aromatic N) is 5. The quantitative estimate of drug-likeness (QED) is 0.271. The fourth-order valence-electron chi connectivity index (χ4n) is 6.16. The number of aromatic amines is 1. The van der Waals surface area contributed by atoms with E-state index in [9.17, 15) is 0 Å². The third kappa shape index (κ3) is 4.54. The van der Waals surface area contributed by atoms with E-state index in [-0.39, 0.29) is 0 Å². The van der Waals surface area contributed by atoms with Gasteiger partial charge in [-0.3, -0.25) is 15.0 Å². The Morgan fingerprint density at radius 3 is 2.62 bits per heavy atom. The number of fused-ring (bicyclic) bond motifs is 2. The standard InChI is InChI=1S/C31H36N6/c1-19(2)28-29(25-18-37(4)31-24(25)6-5-15-32-31)36-27-14-13-26(35-30(27)28)22-10-7-21(8-11-22)9-12-23-17-33-20(3)16-34-23/h5-6,13-19,21-22,36H,7-12H2,1-4H3. The van der Waals surface area contributed by atoms with Crippen molar-refractivity contribution < 1.29 is 0 Å². The molecule has 6 rings (SSSR count). The SMILES string of the molecule is Cc1cnc(CCC2CCC(c3ccc4[nH]c(-c5cn(C)c6ncccc56)c(C(C)C)c4n3)CC2)cn1. The predicted octanol–water partition coefficient (Wildman–Crippen LogP) is 7.25. The summed E-state index contributed by atoms with van der Waals surface area (Å²) in [5.74, 6) is 1.67. The first-order chi connectivity index (χ1) is 18.0. The van der Waals surface area contributed by atoms with Crippen LogP contribution in [0.15, 0.2) is 49.1 Å². The van der Waals surface area contributed by atoms with E-state index in [1.807, 2.05) is 31.6 Å². The van der Waals surface area contributed by atoms with Crippen LogP contribution in [0.5, 0.6) is 0 Å². The van der Waals surface area contributed by atoms with Gasteiger partial charge in [0.15, 0.2) is 0 Å². The first-order valence-corrected chi connectivity index (χ1v) is 13.7. The van der Waals surface area contributed by atoms with Crippen molar-refractivity contribution in [3.8, 4) is 11.3 Å². The summed E-state index contributed by atoms with van der Waals surface area (Å²) in [7, 11) is 2.07. The molecule has 6 nitrogen and oxygen atoms in total. The smallest absolute Gasteiger partial charge is 0.140 e. The molecule has 0 bridgehead atoms. The van der Waals surface area contributed by atoms with Crippen molar-refractivity contribution >= 4 is 22.1 Å². The molecule has 1 fully saturated rings. The van der Waals surface area contributed by atoms with Gasteiger partial charge in [-0.2, -0.15) is 0 Å². The summed E-state index contributed by atoms with van der Waals surface area (Å²) in [6, 6.07) is 8.68. The van der Waals surface area contributed by atoms with Gasteiger partial charge in [-0.15, -0.1) is 0 Å². The predicted molar refractivity (Wildman–Crippen MR) is 150 cm³/mol. The van der Waals surface area contributed by atoms with Crippen LogP contribution in [-0.2, 0) is 13.5 Å². The first kappa shape index (κ1) is 23.8. The molecule has 1 aliphatic rings. The Bertz CT molecular complexity index is 1530. The maximum Gasteiger partial charge on any atom is 0.140 e. The molecule has 5 aromatic rings. The third-order valence-electron chi connectivity index (χ3n) is 8.19. The van der Waals surface area contributed by atoms with Crippen LogP contribution in [0.25, 0.3) is 33.3 Å². The van der Waals surface area contributed by atoms with Crippen LogP contribution in [0, 0.1) is 12.8 Å². The Balaban J connectivity index is 1.23. The normalized spacial score (nSPS) is 18.3. The molecule has 0 amide bonds. The van der Waals surface area contributed by atoms with E-state index in [0.29, 0.717) is 11.8 Å². The van der Waals surface area contributed by atoms with Gasteiger partial charge in [0.1, 0.15) is 5.65 Å². The molecule has 1 N–H and O–H groups in total. The topological polar surface area (TPSA) is 72.3 Å². The summed E-state index contributed by atoms with van der Waals surface area (Å²) < 4.78 is 2.11. The van der Waals surface area contributed by atoms with Gasteiger partial charge in [0.25, 0.3) is 0 Å². The van der Waals surface area contributed by atoms with Crippen molar-refractivity contribution in [3.63, 3.8) is 0 Å². The average molecular weight is 493 g/mol. The lowest BCUT2D eigenvalue weighted by molar-refractivity contribution is 0.307. The summed E-state index contributed by atoms with van der Waals surface area (Å²) in [6.07, 6.45) is 15.1. The van der Waals surface area contributed by atoms with Crippen LogP contribution in [0.4, 0.5) is 0 Å². The van der Waals surface area contributed by atoms with Crippen molar-refractivity contribution in [2.24, 2.45) is 13.0 Å². The molecule has 0 unspecified atom stereocenters. The Hall–Kier alpha value is -3.54. The van der Waals surface area contributed by atoms with Gasteiger partial charge in [-0.05, 0) is 81.5 Å². The maximum absolute atomic E-state index is 5.31. The molecule has 0 radical (unpaired) electrons. The largest absolute Gasteiger partial charge is 0.353 e. The van der Waals surface area contributed by atoms with Crippen LogP contribution >= 0.6 is 0 Å². The Morgan fingerprint density at radius 1 is 1.03 bits per heavy atom. The minimum absolute atomic E-state index is 0.360. The van der Waals surface area contributed by atoms with Crippen LogP contribution in [-0.4, -0.2) is 29.5 Å². The number of H-pyrrole nitrogens is 1. The zero-order valence-corrected chi connectivity index (χ0v) is 22.3. The van der Waals surface area contributed by atoms with Gasteiger partial charge in [0, 0.05) is 60.0 Å². The highest BCUT2D eigenvalue weighted by molar-refractivity contribution is 5.98. The van der Waals surface area contributed by atoms with E-state index in [1.54, 1.807) is 0 Å². The number of rotatable bonds is 6. The Kier molecular flexibility index (Phi) is 6.27. The molecular weight excluding hydrogens is 456 g/mol. The summed E-state index contributed by atoms with van der Waals surface area (Å²) in [4.78, 5) is 22.6. The minimum atomic E-state index is 0.360. The van der Waals surface area contributed by atoms with Gasteiger partial charge < -0.3 is 9.55 Å². The number of nitrogens with one attached hydrogen (secondary N) is 1. The zero-order valence-electron chi connectivity index (χ0n) is 22.3. The fraction of sp³-hybridized carbons (Fsp3) is 0.419. The zero-order chi connectivity index (χ0) is 25.5. The van der Waals surface area contributed by atoms with Crippen LogP contribution in [0.2, 0.25) is 0 Å². The van der Waals surface area contributed by atoms with Crippen LogP contribution in [0.3, 0.4) is 0 Å². The molecule has 0 saturated heterocycles. The first-order valence-electron chi connectivity index (χ1n) is 13.7. The van der Waals surface area contributed by atoms with E-state index in [1.165, 1.54) is 60.0 Å². The highest BCUT2D eigenvalue weighted by Gasteiger charge is 2.25. The Labute approximate surface area is 218 Å². The summed E-state index contributed by atoms with van der Waals surface area (Å²) in [6.45, 7) is 6.53. The molecule has 190 valence electrons. The van der Waals surface area contributed by atoms with E-state index >= 15 is 0 Å². The lowest BCUT2D eigenvalue weighted by atomic mass is 9.78. The molecule has 0 spiro atoms. The van der Waals surface area contributed by atoms with Crippen molar-refractivity contribution in [2.45, 2.75) is 71.1 Å². The van der Waals surface area contributed by atoms with Gasteiger partial charge >= 0.3 is 0 Å². The molecule has 1 aliphatic carbocycles. The second-order valence-corrected chi connectivity index (χ2v) is 11.1. The summed E-state index contributed by atoms with van der Waals surface area (Å²) in [5, 5.41) is 1.17. The highest BCUT2D eigenvalue weighted by Crippen LogP contribution is 2.41. The number of aromatic nitrogens is 6. The molecule has 5 aromatic heterocycles. The second kappa shape index (κ2) is 9.73. The number of pyridine rings is 2. The van der Waals surface area contributed by atoms with Crippen molar-refractivity contribution in [1.82, 2.24) is 29.5 Å². The third-order valence-corrected chi connectivity index (χ3v) is 8.19. The van der Waals surface area contributed by atoms with E-state index in [4.69, 9.17) is 4.98 Å². The molecular formula is C31H36N6. The van der Waals surface area contributed by atoms with Gasteiger partial charge in [0.05, 0.1) is 28.1 Å². The van der Waals surface area contributed by atoms with E-state index < -0.39 is 0 Å². The second-order valence-electron chi connectivity index (χ2n) is 11.1. The van der Waals surface area contributed by atoms with E-state index in [2.05, 4.69) is 69.8 Å². The van der Waals surface area contributed by atoms with E-state index in [0.717, 1.165) is 40.4 Å². The average Bonchev–Trinajstić information content (AvgIpc) is 3.46. The highest BCUT2D eigenvalue weighted by atomic mass is 15.0. The van der Waals surface area contributed by atoms with Gasteiger partial charge in [0.2, 0.25) is 0 Å². The lowest BCUT2D eigenvalue weighted by Gasteiger charge is -2.28. The molecule has 0 aliphatic heterocycles. The molecule has 37 heavy (non-hydrogen) atoms. The molecule has 5 heterocycles. The number of aryl methyl sites for hydroxylation is 3. The molecule has 0 aromatic carbocycles. The van der Waals surface area contributed by atoms with Gasteiger partial charge in [-0.1, -0.05) is 13.8 Å². The lowest BCUT2D eigenvalue weighted by Crippen LogP contribution is -2.15. The summed E-state index contributed by atoms with van der Waals surface area (Å²) in [5.41, 5.74) is 10.3. The fourth-order valence-corrected chi connectivity index (χ4v) is 6.16. The van der Waals surface area contributed by atoms with Crippen molar-refractivity contribution in [1.29, 1.82) is 0 Å². The number of hydrogen-bond donors (Lipinski definition) is 1. The molecule has 1 saturated carbocycles. The van der Waals surface area contributed by atoms with Crippen LogP contribution in [0.1, 0.15) is 80.4 Å². The molecule has 0 atom stereocenters. The van der Waals surface area contributed by atoms with Crippen LogP contribution < -0.4 is 0 Å².